The van der Waals surface area contributed by atoms with Crippen LogP contribution in [0.3, 0.4) is 0 Å². The number of nitrogens with zero attached hydrogens (tertiary/aromatic N) is 4. The number of anilines is 1. The van der Waals surface area contributed by atoms with Gasteiger partial charge >= 0.3 is 0 Å². The van der Waals surface area contributed by atoms with Crippen molar-refractivity contribution in [2.75, 3.05) is 45.3 Å². The maximum atomic E-state index is 12.2. The molecule has 0 bridgehead atoms. The van der Waals surface area contributed by atoms with Crippen LogP contribution < -0.4 is 20.1 Å². The second kappa shape index (κ2) is 13.0. The molecule has 0 atom stereocenters. The summed E-state index contributed by atoms with van der Waals surface area (Å²) < 4.78 is 17.9. The third-order valence-corrected chi connectivity index (χ3v) is 5.48. The van der Waals surface area contributed by atoms with Gasteiger partial charge in [-0.25, -0.2) is 14.6 Å². The molecule has 1 aromatic carbocycles. The maximum Gasteiger partial charge on any atom is 0.258 e. The van der Waals surface area contributed by atoms with Gasteiger partial charge in [0.15, 0.2) is 17.4 Å². The largest absolute Gasteiger partial charge is 0.497 e. The number of thioether (sulfide) groups is 1. The summed E-state index contributed by atoms with van der Waals surface area (Å²) in [6.07, 6.45) is 1.75. The highest BCUT2D eigenvalue weighted by Crippen LogP contribution is 2.26. The molecule has 0 spiro atoms. The molecule has 10 nitrogen and oxygen atoms in total. The molecule has 3 aromatic rings. The first kappa shape index (κ1) is 25.6. The van der Waals surface area contributed by atoms with Gasteiger partial charge in [0.05, 0.1) is 31.8 Å². The third-order valence-electron chi connectivity index (χ3n) is 4.62. The predicted octanol–water partition coefficient (Wildman–Crippen LogP) is 2.98. The summed E-state index contributed by atoms with van der Waals surface area (Å²) in [6, 6.07) is 7.13. The molecular weight excluding hydrogens is 456 g/mol. The summed E-state index contributed by atoms with van der Waals surface area (Å²) in [4.78, 5) is 21.6. The fourth-order valence-electron chi connectivity index (χ4n) is 3.08. The Labute approximate surface area is 203 Å². The summed E-state index contributed by atoms with van der Waals surface area (Å²) in [5, 5.41) is 12.5. The molecule has 0 aliphatic heterocycles. The first-order valence-electron chi connectivity index (χ1n) is 11.3. The molecule has 11 heteroatoms. The molecule has 0 saturated carbocycles. The zero-order chi connectivity index (χ0) is 24.3. The Bertz CT molecular complexity index is 1070. The van der Waals surface area contributed by atoms with Gasteiger partial charge in [0.2, 0.25) is 0 Å². The zero-order valence-corrected chi connectivity index (χ0v) is 20.9. The van der Waals surface area contributed by atoms with Gasteiger partial charge < -0.3 is 24.8 Å². The lowest BCUT2D eigenvalue weighted by molar-refractivity contribution is -0.123. The highest BCUT2D eigenvalue weighted by atomic mass is 32.2. The van der Waals surface area contributed by atoms with E-state index in [1.54, 1.807) is 41.9 Å². The van der Waals surface area contributed by atoms with Gasteiger partial charge in [0.1, 0.15) is 17.3 Å². The standard InChI is InChI=1S/C23H32N6O4S/c1-5-32-12-10-25-21-19-14-26-29(22(19)28-23(27-21)34-16(2)3)11-9-24-20(30)15-33-18-8-6-7-17(13-18)31-4/h6-8,13-14,16H,5,9-12,15H2,1-4H3,(H,24,30)(H,25,27,28). The lowest BCUT2D eigenvalue weighted by atomic mass is 10.3. The van der Waals surface area contributed by atoms with Gasteiger partial charge in [-0.05, 0) is 19.1 Å². The zero-order valence-electron chi connectivity index (χ0n) is 20.0. The first-order chi connectivity index (χ1) is 16.5. The summed E-state index contributed by atoms with van der Waals surface area (Å²) in [6.45, 7) is 8.83. The van der Waals surface area contributed by atoms with Crippen LogP contribution in [0.5, 0.6) is 11.5 Å². The van der Waals surface area contributed by atoms with Crippen molar-refractivity contribution in [1.29, 1.82) is 0 Å². The Hall–Kier alpha value is -3.05. The number of fused-ring (bicyclic) bond motifs is 1. The minimum absolute atomic E-state index is 0.0851. The van der Waals surface area contributed by atoms with E-state index in [4.69, 9.17) is 19.2 Å². The second-order valence-corrected chi connectivity index (χ2v) is 9.11. The topological polar surface area (TPSA) is 112 Å². The highest BCUT2D eigenvalue weighted by molar-refractivity contribution is 7.99. The van der Waals surface area contributed by atoms with Crippen molar-refractivity contribution in [2.24, 2.45) is 0 Å². The molecule has 2 N–H and O–H groups in total. The van der Waals surface area contributed by atoms with Crippen LogP contribution in [-0.4, -0.2) is 70.9 Å². The fraction of sp³-hybridized carbons (Fsp3) is 0.478. The summed E-state index contributed by atoms with van der Waals surface area (Å²) in [7, 11) is 1.58. The Kier molecular flexibility index (Phi) is 9.77. The van der Waals surface area contributed by atoms with Gasteiger partial charge in [-0.15, -0.1) is 0 Å². The molecule has 2 aromatic heterocycles. The van der Waals surface area contributed by atoms with E-state index in [1.807, 2.05) is 19.1 Å². The number of ether oxygens (including phenoxy) is 3. The lowest BCUT2D eigenvalue weighted by Gasteiger charge is -2.11. The summed E-state index contributed by atoms with van der Waals surface area (Å²) in [5.74, 6) is 1.76. The van der Waals surface area contributed by atoms with Crippen molar-refractivity contribution < 1.29 is 19.0 Å². The molecule has 2 heterocycles. The van der Waals surface area contributed by atoms with Crippen LogP contribution in [0.4, 0.5) is 5.82 Å². The molecular formula is C23H32N6O4S. The Morgan fingerprint density at radius 3 is 2.79 bits per heavy atom. The molecule has 0 radical (unpaired) electrons. The number of carbonyl (C=O) groups excluding carboxylic acids is 1. The maximum absolute atomic E-state index is 12.2. The SMILES string of the molecule is CCOCCNc1nc(SC(C)C)nc2c1cnn2CCNC(=O)COc1cccc(OC)c1. The molecule has 1 amide bonds. The van der Waals surface area contributed by atoms with E-state index in [2.05, 4.69) is 34.6 Å². The van der Waals surface area contributed by atoms with E-state index in [1.165, 1.54) is 0 Å². The Morgan fingerprint density at radius 1 is 1.21 bits per heavy atom. The highest BCUT2D eigenvalue weighted by Gasteiger charge is 2.14. The molecule has 0 aliphatic rings. The molecule has 3 rings (SSSR count). The van der Waals surface area contributed by atoms with Gasteiger partial charge in [-0.3, -0.25) is 4.79 Å². The average Bonchev–Trinajstić information content (AvgIpc) is 3.23. The number of methoxy groups -OCH3 is 1. The molecule has 0 unspecified atom stereocenters. The second-order valence-electron chi connectivity index (χ2n) is 7.57. The summed E-state index contributed by atoms with van der Waals surface area (Å²) >= 11 is 1.59. The van der Waals surface area contributed by atoms with Crippen molar-refractivity contribution in [3.8, 4) is 11.5 Å². The molecule has 0 aliphatic carbocycles. The van der Waals surface area contributed by atoms with E-state index in [-0.39, 0.29) is 12.5 Å². The number of amides is 1. The summed E-state index contributed by atoms with van der Waals surface area (Å²) in [5.41, 5.74) is 0.721. The number of rotatable bonds is 14. The number of hydrogen-bond acceptors (Lipinski definition) is 9. The van der Waals surface area contributed by atoms with Gasteiger partial charge in [-0.1, -0.05) is 31.7 Å². The first-order valence-corrected chi connectivity index (χ1v) is 12.1. The van der Waals surface area contributed by atoms with Crippen molar-refractivity contribution in [3.63, 3.8) is 0 Å². The fourth-order valence-corrected chi connectivity index (χ4v) is 3.78. The number of aromatic nitrogens is 4. The van der Waals surface area contributed by atoms with Crippen LogP contribution in [-0.2, 0) is 16.1 Å². The normalized spacial score (nSPS) is 11.1. The van der Waals surface area contributed by atoms with Crippen LogP contribution in [0.25, 0.3) is 11.0 Å². The van der Waals surface area contributed by atoms with Gasteiger partial charge in [0.25, 0.3) is 5.91 Å². The van der Waals surface area contributed by atoms with Crippen molar-refractivity contribution in [2.45, 2.75) is 37.7 Å². The minimum atomic E-state index is -0.219. The number of hydrogen-bond donors (Lipinski definition) is 2. The third kappa shape index (κ3) is 7.49. The van der Waals surface area contributed by atoms with Gasteiger partial charge in [0, 0.05) is 31.0 Å². The molecule has 0 saturated heterocycles. The van der Waals surface area contributed by atoms with Gasteiger partial charge in [-0.2, -0.15) is 5.10 Å². The molecule has 184 valence electrons. The lowest BCUT2D eigenvalue weighted by Crippen LogP contribution is -2.31. The predicted molar refractivity (Wildman–Crippen MR) is 133 cm³/mol. The van der Waals surface area contributed by atoms with E-state index in [0.717, 1.165) is 16.9 Å². The smallest absolute Gasteiger partial charge is 0.258 e. The Morgan fingerprint density at radius 2 is 2.03 bits per heavy atom. The van der Waals surface area contributed by atoms with E-state index in [9.17, 15) is 4.79 Å². The van der Waals surface area contributed by atoms with Crippen molar-refractivity contribution in [1.82, 2.24) is 25.1 Å². The number of benzene rings is 1. The van der Waals surface area contributed by atoms with Crippen LogP contribution in [0.15, 0.2) is 35.6 Å². The average molecular weight is 489 g/mol. The number of nitrogens with one attached hydrogen (secondary N) is 2. The van der Waals surface area contributed by atoms with E-state index >= 15 is 0 Å². The monoisotopic (exact) mass is 488 g/mol. The number of carbonyl (C=O) groups is 1. The molecule has 34 heavy (non-hydrogen) atoms. The molecule has 0 fully saturated rings. The van der Waals surface area contributed by atoms with Crippen molar-refractivity contribution >= 4 is 34.5 Å². The van der Waals surface area contributed by atoms with E-state index in [0.29, 0.717) is 54.8 Å². The van der Waals surface area contributed by atoms with Crippen LogP contribution >= 0.6 is 11.8 Å². The van der Waals surface area contributed by atoms with Crippen LogP contribution in [0.1, 0.15) is 20.8 Å². The quantitative estimate of drug-likeness (QED) is 0.201. The van der Waals surface area contributed by atoms with E-state index < -0.39 is 0 Å². The van der Waals surface area contributed by atoms with Crippen LogP contribution in [0.2, 0.25) is 0 Å². The Balaban J connectivity index is 1.60. The van der Waals surface area contributed by atoms with Crippen LogP contribution in [0, 0.1) is 0 Å². The van der Waals surface area contributed by atoms with Crippen molar-refractivity contribution in [3.05, 3.63) is 30.5 Å². The minimum Gasteiger partial charge on any atom is -0.497 e.